The fourth-order valence-electron chi connectivity index (χ4n) is 2.11. The summed E-state index contributed by atoms with van der Waals surface area (Å²) in [7, 11) is -3.28. The quantitative estimate of drug-likeness (QED) is 0.792. The zero-order valence-corrected chi connectivity index (χ0v) is 15.2. The molecule has 2 amide bonds. The fraction of sp³-hybridized carbons (Fsp3) is 0.333. The number of carbonyl (C=O) groups excluding carboxylic acids is 1. The molecule has 0 aliphatic heterocycles. The van der Waals surface area contributed by atoms with E-state index in [4.69, 9.17) is 0 Å². The van der Waals surface area contributed by atoms with Crippen LogP contribution in [-0.2, 0) is 16.4 Å². The second-order valence-corrected chi connectivity index (χ2v) is 8.30. The molecule has 7 heteroatoms. The topological polar surface area (TPSA) is 88.2 Å². The molecule has 2 rings (SSSR count). The normalized spacial score (nSPS) is 11.3. The largest absolute Gasteiger partial charge is 0.334 e. The smallest absolute Gasteiger partial charge is 0.319 e. The molecule has 25 heavy (non-hydrogen) atoms. The molecule has 0 saturated heterocycles. The van der Waals surface area contributed by atoms with E-state index in [0.29, 0.717) is 24.6 Å². The van der Waals surface area contributed by atoms with Crippen LogP contribution < -0.4 is 10.6 Å². The van der Waals surface area contributed by atoms with Crippen molar-refractivity contribution in [3.05, 3.63) is 54.4 Å². The number of nitrogens with one attached hydrogen (secondary N) is 2. The van der Waals surface area contributed by atoms with Crippen LogP contribution in [0.5, 0.6) is 0 Å². The Labute approximate surface area is 148 Å². The van der Waals surface area contributed by atoms with Crippen LogP contribution in [-0.4, -0.2) is 25.2 Å². The number of hydrogen-bond acceptors (Lipinski definition) is 4. The molecule has 1 aromatic carbocycles. The summed E-state index contributed by atoms with van der Waals surface area (Å²) in [6.07, 6.45) is 3.97. The van der Waals surface area contributed by atoms with Crippen LogP contribution in [0.2, 0.25) is 0 Å². The molecular formula is C18H23N3O3S. The number of amides is 2. The summed E-state index contributed by atoms with van der Waals surface area (Å²) in [5.41, 5.74) is 1.43. The van der Waals surface area contributed by atoms with Gasteiger partial charge in [-0.2, -0.15) is 0 Å². The van der Waals surface area contributed by atoms with Gasteiger partial charge >= 0.3 is 6.03 Å². The third-order valence-corrected chi connectivity index (χ3v) is 5.37. The first-order valence-corrected chi connectivity index (χ1v) is 9.78. The summed E-state index contributed by atoms with van der Waals surface area (Å²) in [4.78, 5) is 16.1. The van der Waals surface area contributed by atoms with Crippen molar-refractivity contribution in [2.24, 2.45) is 5.92 Å². The highest BCUT2D eigenvalue weighted by Gasteiger charge is 2.15. The Balaban J connectivity index is 1.90. The van der Waals surface area contributed by atoms with Gasteiger partial charge in [0.1, 0.15) is 0 Å². The second-order valence-electron chi connectivity index (χ2n) is 6.19. The van der Waals surface area contributed by atoms with Gasteiger partial charge in [0.05, 0.1) is 10.6 Å². The van der Waals surface area contributed by atoms with Crippen molar-refractivity contribution in [3.63, 3.8) is 0 Å². The Kier molecular flexibility index (Phi) is 6.52. The van der Waals surface area contributed by atoms with Crippen LogP contribution in [0.25, 0.3) is 0 Å². The SMILES string of the molecule is CC(C)CCS(=O)(=O)c1ccc(NC(=O)NCc2cccnc2)cc1. The summed E-state index contributed by atoms with van der Waals surface area (Å²) in [6, 6.07) is 9.52. The van der Waals surface area contributed by atoms with Crippen LogP contribution >= 0.6 is 0 Å². The molecule has 6 nitrogen and oxygen atoms in total. The van der Waals surface area contributed by atoms with Crippen molar-refractivity contribution in [2.45, 2.75) is 31.7 Å². The number of benzene rings is 1. The lowest BCUT2D eigenvalue weighted by atomic mass is 10.2. The molecule has 1 aromatic heterocycles. The number of hydrogen-bond donors (Lipinski definition) is 2. The number of nitrogens with zero attached hydrogens (tertiary/aromatic N) is 1. The molecule has 0 spiro atoms. The van der Waals surface area contributed by atoms with Crippen LogP contribution in [0.4, 0.5) is 10.5 Å². The van der Waals surface area contributed by atoms with Crippen LogP contribution in [0, 0.1) is 5.92 Å². The number of pyridine rings is 1. The van der Waals surface area contributed by atoms with Crippen LogP contribution in [0.15, 0.2) is 53.7 Å². The predicted octanol–water partition coefficient (Wildman–Crippen LogP) is 3.22. The summed E-state index contributed by atoms with van der Waals surface area (Å²) in [6.45, 7) is 4.35. The molecule has 0 radical (unpaired) electrons. The third-order valence-electron chi connectivity index (χ3n) is 3.61. The van der Waals surface area contributed by atoms with Gasteiger partial charge in [0, 0.05) is 24.6 Å². The molecule has 0 aliphatic carbocycles. The highest BCUT2D eigenvalue weighted by molar-refractivity contribution is 7.91. The number of anilines is 1. The lowest BCUT2D eigenvalue weighted by Gasteiger charge is -2.09. The molecule has 2 N–H and O–H groups in total. The zero-order valence-electron chi connectivity index (χ0n) is 14.4. The number of carbonyl (C=O) groups is 1. The van der Waals surface area contributed by atoms with Crippen LogP contribution in [0.1, 0.15) is 25.8 Å². The number of urea groups is 1. The third kappa shape index (κ3) is 6.19. The Morgan fingerprint density at radius 2 is 1.88 bits per heavy atom. The van der Waals surface area contributed by atoms with Gasteiger partial charge in [-0.05, 0) is 48.2 Å². The molecular weight excluding hydrogens is 338 g/mol. The highest BCUT2D eigenvalue weighted by Crippen LogP contribution is 2.17. The zero-order chi connectivity index (χ0) is 18.3. The lowest BCUT2D eigenvalue weighted by molar-refractivity contribution is 0.251. The van der Waals surface area contributed by atoms with E-state index >= 15 is 0 Å². The standard InChI is InChI=1S/C18H23N3O3S/c1-14(2)9-11-25(23,24)17-7-5-16(6-8-17)21-18(22)20-13-15-4-3-10-19-12-15/h3-8,10,12,14H,9,11,13H2,1-2H3,(H2,20,21,22). The first kappa shape index (κ1) is 18.9. The molecule has 1 heterocycles. The highest BCUT2D eigenvalue weighted by atomic mass is 32.2. The van der Waals surface area contributed by atoms with Crippen LogP contribution in [0.3, 0.4) is 0 Å². The van der Waals surface area contributed by atoms with E-state index in [1.807, 2.05) is 19.9 Å². The Hall–Kier alpha value is -2.41. The van der Waals surface area contributed by atoms with E-state index in [2.05, 4.69) is 15.6 Å². The van der Waals surface area contributed by atoms with Crippen molar-refractivity contribution < 1.29 is 13.2 Å². The van der Waals surface area contributed by atoms with Crippen molar-refractivity contribution in [2.75, 3.05) is 11.1 Å². The number of sulfone groups is 1. The first-order valence-electron chi connectivity index (χ1n) is 8.13. The minimum absolute atomic E-state index is 0.128. The van der Waals surface area contributed by atoms with E-state index in [1.165, 1.54) is 12.1 Å². The minimum atomic E-state index is -3.28. The molecule has 0 unspecified atom stereocenters. The van der Waals surface area contributed by atoms with Crippen molar-refractivity contribution >= 4 is 21.6 Å². The van der Waals surface area contributed by atoms with Crippen molar-refractivity contribution in [1.82, 2.24) is 10.3 Å². The summed E-state index contributed by atoms with van der Waals surface area (Å²) in [5, 5.41) is 5.39. The molecule has 0 saturated carbocycles. The molecule has 134 valence electrons. The van der Waals surface area contributed by atoms with Gasteiger partial charge in [-0.1, -0.05) is 19.9 Å². The van der Waals surface area contributed by atoms with E-state index in [9.17, 15) is 13.2 Å². The fourth-order valence-corrected chi connectivity index (χ4v) is 3.68. The monoisotopic (exact) mass is 361 g/mol. The van der Waals surface area contributed by atoms with E-state index in [1.54, 1.807) is 30.6 Å². The molecule has 0 fully saturated rings. The number of rotatable bonds is 7. The molecule has 0 atom stereocenters. The summed E-state index contributed by atoms with van der Waals surface area (Å²) < 4.78 is 24.4. The second kappa shape index (κ2) is 8.62. The Morgan fingerprint density at radius 3 is 2.48 bits per heavy atom. The maximum absolute atomic E-state index is 12.2. The number of aromatic nitrogens is 1. The molecule has 2 aromatic rings. The Bertz CT molecular complexity index is 788. The summed E-state index contributed by atoms with van der Waals surface area (Å²) >= 11 is 0. The van der Waals surface area contributed by atoms with E-state index in [-0.39, 0.29) is 16.7 Å². The average Bonchev–Trinajstić information content (AvgIpc) is 2.60. The first-order chi connectivity index (χ1) is 11.9. The van der Waals surface area contributed by atoms with Gasteiger partial charge in [0.15, 0.2) is 9.84 Å². The van der Waals surface area contributed by atoms with Gasteiger partial charge in [-0.25, -0.2) is 13.2 Å². The maximum Gasteiger partial charge on any atom is 0.319 e. The van der Waals surface area contributed by atoms with E-state index < -0.39 is 9.84 Å². The Morgan fingerprint density at radius 1 is 1.16 bits per heavy atom. The van der Waals surface area contributed by atoms with Gasteiger partial charge in [-0.3, -0.25) is 4.98 Å². The van der Waals surface area contributed by atoms with Gasteiger partial charge in [0.2, 0.25) is 0 Å². The molecule has 0 bridgehead atoms. The van der Waals surface area contributed by atoms with Gasteiger partial charge < -0.3 is 10.6 Å². The van der Waals surface area contributed by atoms with Crippen molar-refractivity contribution in [3.8, 4) is 0 Å². The predicted molar refractivity (Wildman–Crippen MR) is 98.0 cm³/mol. The molecule has 0 aliphatic rings. The maximum atomic E-state index is 12.2. The van der Waals surface area contributed by atoms with Gasteiger partial charge in [0.25, 0.3) is 0 Å². The lowest BCUT2D eigenvalue weighted by Crippen LogP contribution is -2.28. The average molecular weight is 361 g/mol. The van der Waals surface area contributed by atoms with Crippen molar-refractivity contribution in [1.29, 1.82) is 0 Å². The summed E-state index contributed by atoms with van der Waals surface area (Å²) in [5.74, 6) is 0.461. The van der Waals surface area contributed by atoms with Gasteiger partial charge in [-0.15, -0.1) is 0 Å². The van der Waals surface area contributed by atoms with E-state index in [0.717, 1.165) is 5.56 Å². The minimum Gasteiger partial charge on any atom is -0.334 e.